The summed E-state index contributed by atoms with van der Waals surface area (Å²) in [6, 6.07) is 6.81. The molecule has 0 saturated carbocycles. The maximum absolute atomic E-state index is 12.0. The molecule has 0 amide bonds. The van der Waals surface area contributed by atoms with Gasteiger partial charge in [0.2, 0.25) is 5.43 Å². The van der Waals surface area contributed by atoms with Crippen LogP contribution >= 0.6 is 0 Å². The molecule has 0 aliphatic heterocycles. The standard InChI is InChI=1S/C14H14O4/c1-2-3-8-17-14(16)11-9-18-12-7-5-4-6-10(12)13(11)15/h4-7,9H,2-3,8H2,1H3. The smallest absolute Gasteiger partial charge is 0.345 e. The lowest BCUT2D eigenvalue weighted by molar-refractivity contribution is 0.0496. The van der Waals surface area contributed by atoms with E-state index in [-0.39, 0.29) is 11.0 Å². The third kappa shape index (κ3) is 2.42. The molecule has 0 saturated heterocycles. The van der Waals surface area contributed by atoms with Crippen LogP contribution in [0.4, 0.5) is 0 Å². The van der Waals surface area contributed by atoms with Crippen LogP contribution in [0.1, 0.15) is 30.1 Å². The summed E-state index contributed by atoms with van der Waals surface area (Å²) < 4.78 is 10.2. The first-order chi connectivity index (χ1) is 8.74. The van der Waals surface area contributed by atoms with E-state index < -0.39 is 5.97 Å². The summed E-state index contributed by atoms with van der Waals surface area (Å²) in [5.41, 5.74) is 0.0655. The van der Waals surface area contributed by atoms with Crippen LogP contribution in [-0.2, 0) is 4.74 Å². The van der Waals surface area contributed by atoms with Crippen LogP contribution < -0.4 is 5.43 Å². The number of para-hydroxylation sites is 1. The summed E-state index contributed by atoms with van der Waals surface area (Å²) >= 11 is 0. The van der Waals surface area contributed by atoms with E-state index in [9.17, 15) is 9.59 Å². The summed E-state index contributed by atoms with van der Waals surface area (Å²) in [7, 11) is 0. The molecular weight excluding hydrogens is 232 g/mol. The number of esters is 1. The lowest BCUT2D eigenvalue weighted by atomic mass is 10.2. The molecule has 2 rings (SSSR count). The van der Waals surface area contributed by atoms with Crippen molar-refractivity contribution >= 4 is 16.9 Å². The van der Waals surface area contributed by atoms with Gasteiger partial charge in [-0.05, 0) is 18.6 Å². The minimum atomic E-state index is -0.622. The predicted octanol–water partition coefficient (Wildman–Crippen LogP) is 2.75. The van der Waals surface area contributed by atoms with Gasteiger partial charge in [0.15, 0.2) is 0 Å². The molecule has 0 bridgehead atoms. The van der Waals surface area contributed by atoms with E-state index in [0.29, 0.717) is 17.6 Å². The number of benzene rings is 1. The molecule has 1 aromatic heterocycles. The summed E-state index contributed by atoms with van der Waals surface area (Å²) in [5, 5.41) is 0.391. The SMILES string of the molecule is CCCCOC(=O)c1coc2ccccc2c1=O. The number of fused-ring (bicyclic) bond motifs is 1. The zero-order chi connectivity index (χ0) is 13.0. The summed E-state index contributed by atoms with van der Waals surface area (Å²) in [4.78, 5) is 23.7. The van der Waals surface area contributed by atoms with E-state index in [1.165, 1.54) is 6.26 Å². The van der Waals surface area contributed by atoms with Gasteiger partial charge in [-0.2, -0.15) is 0 Å². The van der Waals surface area contributed by atoms with Gasteiger partial charge >= 0.3 is 5.97 Å². The van der Waals surface area contributed by atoms with Crippen molar-refractivity contribution in [1.29, 1.82) is 0 Å². The van der Waals surface area contributed by atoms with E-state index in [4.69, 9.17) is 9.15 Å². The number of rotatable bonds is 4. The van der Waals surface area contributed by atoms with Crippen molar-refractivity contribution < 1.29 is 13.9 Å². The van der Waals surface area contributed by atoms with Crippen molar-refractivity contribution in [3.05, 3.63) is 46.3 Å². The minimum absolute atomic E-state index is 0.0511. The second-order valence-corrected chi connectivity index (χ2v) is 3.96. The number of ether oxygens (including phenoxy) is 1. The van der Waals surface area contributed by atoms with Crippen LogP contribution in [0.3, 0.4) is 0 Å². The summed E-state index contributed by atoms with van der Waals surface area (Å²) in [5.74, 6) is -0.622. The molecular formula is C14H14O4. The third-order valence-corrected chi connectivity index (χ3v) is 2.63. The second-order valence-electron chi connectivity index (χ2n) is 3.96. The van der Waals surface area contributed by atoms with Crippen molar-refractivity contribution in [2.24, 2.45) is 0 Å². The summed E-state index contributed by atoms with van der Waals surface area (Å²) in [6.07, 6.45) is 2.88. The molecule has 1 heterocycles. The normalized spacial score (nSPS) is 10.5. The van der Waals surface area contributed by atoms with Gasteiger partial charge in [0, 0.05) is 0 Å². The molecule has 0 radical (unpaired) electrons. The van der Waals surface area contributed by atoms with Gasteiger partial charge in [0.1, 0.15) is 17.4 Å². The highest BCUT2D eigenvalue weighted by Crippen LogP contribution is 2.11. The minimum Gasteiger partial charge on any atom is -0.463 e. The van der Waals surface area contributed by atoms with E-state index in [1.54, 1.807) is 24.3 Å². The van der Waals surface area contributed by atoms with Crippen molar-refractivity contribution in [2.45, 2.75) is 19.8 Å². The Kier molecular flexibility index (Phi) is 3.77. The molecule has 4 heteroatoms. The molecule has 0 aliphatic carbocycles. The fourth-order valence-electron chi connectivity index (χ4n) is 1.61. The molecule has 0 spiro atoms. The Labute approximate surface area is 104 Å². The monoisotopic (exact) mass is 246 g/mol. The highest BCUT2D eigenvalue weighted by Gasteiger charge is 2.15. The average molecular weight is 246 g/mol. The van der Waals surface area contributed by atoms with E-state index in [1.807, 2.05) is 6.92 Å². The zero-order valence-electron chi connectivity index (χ0n) is 10.1. The molecule has 1 aromatic carbocycles. The lowest BCUT2D eigenvalue weighted by Gasteiger charge is -2.03. The average Bonchev–Trinajstić information content (AvgIpc) is 2.39. The zero-order valence-corrected chi connectivity index (χ0v) is 10.1. The Morgan fingerprint density at radius 1 is 1.33 bits per heavy atom. The van der Waals surface area contributed by atoms with Crippen LogP contribution in [0.25, 0.3) is 11.0 Å². The van der Waals surface area contributed by atoms with Crippen LogP contribution in [0.5, 0.6) is 0 Å². The number of hydrogen-bond acceptors (Lipinski definition) is 4. The fraction of sp³-hybridized carbons (Fsp3) is 0.286. The topological polar surface area (TPSA) is 56.5 Å². The number of unbranched alkanes of at least 4 members (excludes halogenated alkanes) is 1. The van der Waals surface area contributed by atoms with Crippen LogP contribution in [0.2, 0.25) is 0 Å². The third-order valence-electron chi connectivity index (χ3n) is 2.63. The van der Waals surface area contributed by atoms with Crippen LogP contribution in [-0.4, -0.2) is 12.6 Å². The molecule has 2 aromatic rings. The largest absolute Gasteiger partial charge is 0.463 e. The molecule has 0 aliphatic rings. The van der Waals surface area contributed by atoms with Gasteiger partial charge in [-0.25, -0.2) is 4.79 Å². The molecule has 18 heavy (non-hydrogen) atoms. The van der Waals surface area contributed by atoms with Gasteiger partial charge in [0.25, 0.3) is 0 Å². The van der Waals surface area contributed by atoms with Crippen molar-refractivity contribution in [3.63, 3.8) is 0 Å². The highest BCUT2D eigenvalue weighted by molar-refractivity contribution is 5.92. The Balaban J connectivity index is 2.31. The first kappa shape index (κ1) is 12.4. The van der Waals surface area contributed by atoms with Gasteiger partial charge in [-0.1, -0.05) is 25.5 Å². The first-order valence-corrected chi connectivity index (χ1v) is 5.91. The van der Waals surface area contributed by atoms with Crippen molar-refractivity contribution in [1.82, 2.24) is 0 Å². The first-order valence-electron chi connectivity index (χ1n) is 5.91. The molecule has 0 N–H and O–H groups in total. The van der Waals surface area contributed by atoms with E-state index >= 15 is 0 Å². The molecule has 0 atom stereocenters. The Morgan fingerprint density at radius 3 is 2.89 bits per heavy atom. The van der Waals surface area contributed by atoms with Crippen LogP contribution in [0, 0.1) is 0 Å². The van der Waals surface area contributed by atoms with Crippen LogP contribution in [0.15, 0.2) is 39.7 Å². The predicted molar refractivity (Wildman–Crippen MR) is 67.7 cm³/mol. The Hall–Kier alpha value is -2.10. The van der Waals surface area contributed by atoms with Crippen molar-refractivity contribution in [3.8, 4) is 0 Å². The molecule has 0 unspecified atom stereocenters. The van der Waals surface area contributed by atoms with Gasteiger partial charge < -0.3 is 9.15 Å². The second kappa shape index (κ2) is 5.49. The highest BCUT2D eigenvalue weighted by atomic mass is 16.5. The number of hydrogen-bond donors (Lipinski definition) is 0. The number of carbonyl (C=O) groups is 1. The quantitative estimate of drug-likeness (QED) is 0.614. The van der Waals surface area contributed by atoms with Crippen molar-refractivity contribution in [2.75, 3.05) is 6.61 Å². The maximum atomic E-state index is 12.0. The van der Waals surface area contributed by atoms with Gasteiger partial charge in [-0.3, -0.25) is 4.79 Å². The fourth-order valence-corrected chi connectivity index (χ4v) is 1.61. The van der Waals surface area contributed by atoms with Gasteiger partial charge in [0.05, 0.1) is 12.0 Å². The Morgan fingerprint density at radius 2 is 2.11 bits per heavy atom. The maximum Gasteiger partial charge on any atom is 0.345 e. The van der Waals surface area contributed by atoms with E-state index in [0.717, 1.165) is 12.8 Å². The lowest BCUT2D eigenvalue weighted by Crippen LogP contribution is -2.17. The Bertz CT molecular complexity index is 612. The molecule has 94 valence electrons. The van der Waals surface area contributed by atoms with E-state index in [2.05, 4.69) is 0 Å². The molecule has 4 nitrogen and oxygen atoms in total. The number of carbonyl (C=O) groups excluding carboxylic acids is 1. The van der Waals surface area contributed by atoms with Gasteiger partial charge in [-0.15, -0.1) is 0 Å². The molecule has 0 fully saturated rings. The summed E-state index contributed by atoms with van der Waals surface area (Å²) in [6.45, 7) is 2.32.